The summed E-state index contributed by atoms with van der Waals surface area (Å²) in [5.41, 5.74) is 3.80. The van der Waals surface area contributed by atoms with Gasteiger partial charge in [-0.2, -0.15) is 11.3 Å². The highest BCUT2D eigenvalue weighted by molar-refractivity contribution is 7.08. The lowest BCUT2D eigenvalue weighted by Crippen LogP contribution is -2.26. The van der Waals surface area contributed by atoms with Crippen LogP contribution in [0.5, 0.6) is 0 Å². The second-order valence-electron chi connectivity index (χ2n) is 5.52. The van der Waals surface area contributed by atoms with Gasteiger partial charge < -0.3 is 10.3 Å². The molecule has 0 fully saturated rings. The first-order chi connectivity index (χ1) is 12.3. The molecule has 0 aromatic carbocycles. The van der Waals surface area contributed by atoms with Crippen LogP contribution < -0.4 is 5.32 Å². The number of aromatic nitrogens is 4. The number of H-pyrrole nitrogens is 1. The first-order valence-electron chi connectivity index (χ1n) is 7.85. The van der Waals surface area contributed by atoms with Crippen LogP contribution in [0, 0.1) is 0 Å². The van der Waals surface area contributed by atoms with Gasteiger partial charge in [-0.15, -0.1) is 0 Å². The van der Waals surface area contributed by atoms with E-state index in [9.17, 15) is 4.79 Å². The Labute approximate surface area is 148 Å². The summed E-state index contributed by atoms with van der Waals surface area (Å²) in [7, 11) is 0. The summed E-state index contributed by atoms with van der Waals surface area (Å²) in [6.45, 7) is 0.538. The van der Waals surface area contributed by atoms with Crippen molar-refractivity contribution in [3.63, 3.8) is 0 Å². The smallest absolute Gasteiger partial charge is 0.253 e. The number of thiophene rings is 1. The number of imidazole rings is 1. The third-order valence-electron chi connectivity index (χ3n) is 3.85. The molecule has 4 aromatic heterocycles. The summed E-state index contributed by atoms with van der Waals surface area (Å²) in [4.78, 5) is 28.6. The molecule has 7 heteroatoms. The second kappa shape index (κ2) is 6.82. The molecule has 6 nitrogen and oxygen atoms in total. The van der Waals surface area contributed by atoms with Crippen molar-refractivity contribution in [1.82, 2.24) is 25.3 Å². The van der Waals surface area contributed by atoms with Crippen LogP contribution in [0.3, 0.4) is 0 Å². The predicted molar refractivity (Wildman–Crippen MR) is 97.5 cm³/mol. The second-order valence-corrected chi connectivity index (χ2v) is 6.30. The molecule has 4 aromatic rings. The van der Waals surface area contributed by atoms with E-state index in [1.165, 1.54) is 0 Å². The van der Waals surface area contributed by atoms with Crippen LogP contribution in [-0.2, 0) is 6.42 Å². The van der Waals surface area contributed by atoms with Gasteiger partial charge in [0.25, 0.3) is 5.91 Å². The van der Waals surface area contributed by atoms with Gasteiger partial charge in [0.1, 0.15) is 11.3 Å². The van der Waals surface area contributed by atoms with Gasteiger partial charge in [-0.05, 0) is 35.6 Å². The molecule has 0 atom stereocenters. The number of nitrogens with zero attached hydrogens (tertiary/aromatic N) is 3. The van der Waals surface area contributed by atoms with Gasteiger partial charge in [0.15, 0.2) is 5.65 Å². The van der Waals surface area contributed by atoms with Gasteiger partial charge in [-0.25, -0.2) is 9.97 Å². The number of nitrogens with one attached hydrogen (secondary N) is 2. The van der Waals surface area contributed by atoms with Crippen LogP contribution in [-0.4, -0.2) is 32.4 Å². The highest BCUT2D eigenvalue weighted by atomic mass is 32.1. The predicted octanol–water partition coefficient (Wildman–Crippen LogP) is 3.05. The molecule has 25 heavy (non-hydrogen) atoms. The van der Waals surface area contributed by atoms with Gasteiger partial charge >= 0.3 is 0 Å². The van der Waals surface area contributed by atoms with Crippen molar-refractivity contribution in [2.24, 2.45) is 0 Å². The summed E-state index contributed by atoms with van der Waals surface area (Å²) >= 11 is 1.60. The molecule has 0 saturated heterocycles. The van der Waals surface area contributed by atoms with E-state index in [1.807, 2.05) is 29.0 Å². The Morgan fingerprint density at radius 3 is 3.00 bits per heavy atom. The van der Waals surface area contributed by atoms with Crippen LogP contribution in [0.4, 0.5) is 0 Å². The topological polar surface area (TPSA) is 83.6 Å². The molecule has 1 amide bonds. The van der Waals surface area contributed by atoms with Crippen LogP contribution in [0.25, 0.3) is 22.6 Å². The zero-order chi connectivity index (χ0) is 17.1. The molecule has 0 spiro atoms. The summed E-state index contributed by atoms with van der Waals surface area (Å²) < 4.78 is 0. The van der Waals surface area contributed by atoms with Crippen LogP contribution in [0.2, 0.25) is 0 Å². The Morgan fingerprint density at radius 2 is 2.20 bits per heavy atom. The van der Waals surface area contributed by atoms with Crippen LogP contribution in [0.15, 0.2) is 53.6 Å². The molecule has 4 heterocycles. The maximum atomic E-state index is 12.5. The molecule has 0 bridgehead atoms. The van der Waals surface area contributed by atoms with Gasteiger partial charge in [0.2, 0.25) is 0 Å². The lowest BCUT2D eigenvalue weighted by atomic mass is 10.2. The average molecular weight is 349 g/mol. The third kappa shape index (κ3) is 3.27. The maximum absolute atomic E-state index is 12.5. The zero-order valence-corrected chi connectivity index (χ0v) is 14.1. The zero-order valence-electron chi connectivity index (χ0n) is 13.3. The van der Waals surface area contributed by atoms with E-state index >= 15 is 0 Å². The fraction of sp³-hybridized carbons (Fsp3) is 0.111. The molecule has 0 saturated carbocycles. The number of rotatable bonds is 5. The van der Waals surface area contributed by atoms with Crippen molar-refractivity contribution in [2.45, 2.75) is 6.42 Å². The molecule has 0 unspecified atom stereocenters. The Morgan fingerprint density at radius 1 is 1.24 bits per heavy atom. The summed E-state index contributed by atoms with van der Waals surface area (Å²) in [6, 6.07) is 7.56. The van der Waals surface area contributed by atoms with Crippen molar-refractivity contribution in [1.29, 1.82) is 0 Å². The minimum Gasteiger partial charge on any atom is -0.352 e. The fourth-order valence-electron chi connectivity index (χ4n) is 2.59. The molecule has 0 radical (unpaired) electrons. The average Bonchev–Trinajstić information content (AvgIpc) is 3.31. The molecule has 4 rings (SSSR count). The lowest BCUT2D eigenvalue weighted by molar-refractivity contribution is 0.0955. The van der Waals surface area contributed by atoms with Crippen molar-refractivity contribution in [2.75, 3.05) is 6.54 Å². The van der Waals surface area contributed by atoms with Crippen molar-refractivity contribution < 1.29 is 4.79 Å². The number of carbonyl (C=O) groups is 1. The van der Waals surface area contributed by atoms with E-state index in [2.05, 4.69) is 25.3 Å². The Kier molecular flexibility index (Phi) is 4.22. The van der Waals surface area contributed by atoms with Crippen molar-refractivity contribution in [3.05, 3.63) is 64.7 Å². The Hall–Kier alpha value is -3.06. The molecule has 0 aliphatic heterocycles. The number of fused-ring (bicyclic) bond motifs is 1. The largest absolute Gasteiger partial charge is 0.352 e. The first kappa shape index (κ1) is 15.5. The van der Waals surface area contributed by atoms with Crippen molar-refractivity contribution in [3.8, 4) is 11.4 Å². The van der Waals surface area contributed by atoms with E-state index in [1.54, 1.807) is 36.0 Å². The third-order valence-corrected chi connectivity index (χ3v) is 4.53. The number of amides is 1. The van der Waals surface area contributed by atoms with E-state index in [0.29, 0.717) is 23.3 Å². The maximum Gasteiger partial charge on any atom is 0.253 e. The molecule has 124 valence electrons. The standard InChI is InChI=1S/C18H15N5OS/c24-18(21-7-3-12-2-1-6-19-10-12)14-4-8-20-17-15(14)22-16(23-17)13-5-9-25-11-13/h1-2,4-6,8-11H,3,7H2,(H,21,24)(H,20,22,23). The quantitative estimate of drug-likeness (QED) is 0.580. The fourth-order valence-corrected chi connectivity index (χ4v) is 3.23. The number of pyridine rings is 2. The highest BCUT2D eigenvalue weighted by Gasteiger charge is 2.15. The first-order valence-corrected chi connectivity index (χ1v) is 8.80. The lowest BCUT2D eigenvalue weighted by Gasteiger charge is -2.05. The molecule has 0 aliphatic carbocycles. The van der Waals surface area contributed by atoms with Gasteiger partial charge in [0.05, 0.1) is 5.56 Å². The summed E-state index contributed by atoms with van der Waals surface area (Å²) in [5.74, 6) is 0.569. The number of carbonyl (C=O) groups excluding carboxylic acids is 1. The summed E-state index contributed by atoms with van der Waals surface area (Å²) in [5, 5.41) is 6.93. The molecular formula is C18H15N5OS. The van der Waals surface area contributed by atoms with Gasteiger partial charge in [0, 0.05) is 36.1 Å². The Bertz CT molecular complexity index is 995. The summed E-state index contributed by atoms with van der Waals surface area (Å²) in [6.07, 6.45) is 5.89. The minimum absolute atomic E-state index is 0.153. The SMILES string of the molecule is O=C(NCCc1cccnc1)c1ccnc2[nH]c(-c3ccsc3)nc12. The molecule has 2 N–H and O–H groups in total. The van der Waals surface area contributed by atoms with Gasteiger partial charge in [-0.1, -0.05) is 6.07 Å². The van der Waals surface area contributed by atoms with Crippen LogP contribution in [0.1, 0.15) is 15.9 Å². The van der Waals surface area contributed by atoms with Crippen molar-refractivity contribution >= 4 is 28.4 Å². The van der Waals surface area contributed by atoms with E-state index < -0.39 is 0 Å². The van der Waals surface area contributed by atoms with E-state index in [4.69, 9.17) is 0 Å². The van der Waals surface area contributed by atoms with E-state index in [-0.39, 0.29) is 5.91 Å². The number of hydrogen-bond donors (Lipinski definition) is 2. The van der Waals surface area contributed by atoms with Crippen LogP contribution >= 0.6 is 11.3 Å². The monoisotopic (exact) mass is 349 g/mol. The normalized spacial score (nSPS) is 10.9. The molecule has 0 aliphatic rings. The number of aromatic amines is 1. The highest BCUT2D eigenvalue weighted by Crippen LogP contribution is 2.23. The molecular weight excluding hydrogens is 334 g/mol. The number of hydrogen-bond acceptors (Lipinski definition) is 5. The minimum atomic E-state index is -0.153. The van der Waals surface area contributed by atoms with E-state index in [0.717, 1.165) is 23.4 Å². The van der Waals surface area contributed by atoms with Gasteiger partial charge in [-0.3, -0.25) is 9.78 Å². The Balaban J connectivity index is 1.53.